The maximum atomic E-state index is 11.7. The third kappa shape index (κ3) is 2.96. The first-order chi connectivity index (χ1) is 9.67. The SMILES string of the molecule is COC(=O)Cc1c(C(=O)OC)nnn1C1CCOCC1. The van der Waals surface area contributed by atoms with E-state index in [1.807, 2.05) is 0 Å². The zero-order chi connectivity index (χ0) is 14.5. The molecule has 1 aromatic rings. The van der Waals surface area contributed by atoms with Crippen molar-refractivity contribution in [1.82, 2.24) is 15.0 Å². The van der Waals surface area contributed by atoms with Crippen molar-refractivity contribution in [2.45, 2.75) is 25.3 Å². The van der Waals surface area contributed by atoms with Crippen LogP contribution in [0.25, 0.3) is 0 Å². The second kappa shape index (κ2) is 6.47. The lowest BCUT2D eigenvalue weighted by molar-refractivity contribution is -0.139. The molecule has 0 atom stereocenters. The second-order valence-electron chi connectivity index (χ2n) is 4.42. The van der Waals surface area contributed by atoms with Crippen molar-refractivity contribution in [2.24, 2.45) is 0 Å². The van der Waals surface area contributed by atoms with Crippen molar-refractivity contribution >= 4 is 11.9 Å². The molecule has 0 aliphatic carbocycles. The van der Waals surface area contributed by atoms with Crippen LogP contribution in [0, 0.1) is 0 Å². The Hall–Kier alpha value is -1.96. The summed E-state index contributed by atoms with van der Waals surface area (Å²) in [5, 5.41) is 7.84. The topological polar surface area (TPSA) is 92.5 Å². The van der Waals surface area contributed by atoms with Crippen molar-refractivity contribution < 1.29 is 23.8 Å². The molecule has 20 heavy (non-hydrogen) atoms. The number of carbonyl (C=O) groups excluding carboxylic acids is 2. The fourth-order valence-corrected chi connectivity index (χ4v) is 2.17. The summed E-state index contributed by atoms with van der Waals surface area (Å²) < 4.78 is 16.2. The Morgan fingerprint density at radius 3 is 2.60 bits per heavy atom. The fourth-order valence-electron chi connectivity index (χ4n) is 2.17. The molecule has 0 spiro atoms. The Labute approximate surface area is 116 Å². The molecule has 0 N–H and O–H groups in total. The highest BCUT2D eigenvalue weighted by Crippen LogP contribution is 2.23. The number of carbonyl (C=O) groups is 2. The van der Waals surface area contributed by atoms with E-state index in [2.05, 4.69) is 19.8 Å². The summed E-state index contributed by atoms with van der Waals surface area (Å²) in [7, 11) is 2.56. The smallest absolute Gasteiger partial charge is 0.360 e. The van der Waals surface area contributed by atoms with E-state index in [0.29, 0.717) is 18.9 Å². The molecule has 8 nitrogen and oxygen atoms in total. The molecule has 0 unspecified atom stereocenters. The average molecular weight is 283 g/mol. The summed E-state index contributed by atoms with van der Waals surface area (Å²) in [5.74, 6) is -1.06. The van der Waals surface area contributed by atoms with Crippen molar-refractivity contribution in [3.05, 3.63) is 11.4 Å². The minimum Gasteiger partial charge on any atom is -0.469 e. The molecule has 1 fully saturated rings. The van der Waals surface area contributed by atoms with Gasteiger partial charge in [0.25, 0.3) is 0 Å². The van der Waals surface area contributed by atoms with E-state index in [4.69, 9.17) is 4.74 Å². The van der Waals surface area contributed by atoms with Crippen LogP contribution in [0.3, 0.4) is 0 Å². The third-order valence-electron chi connectivity index (χ3n) is 3.25. The van der Waals surface area contributed by atoms with E-state index in [1.54, 1.807) is 4.68 Å². The molecule has 0 saturated carbocycles. The van der Waals surface area contributed by atoms with Crippen LogP contribution in [0.2, 0.25) is 0 Å². The Balaban J connectivity index is 2.32. The normalized spacial score (nSPS) is 15.9. The lowest BCUT2D eigenvalue weighted by Crippen LogP contribution is -2.24. The van der Waals surface area contributed by atoms with Gasteiger partial charge in [-0.3, -0.25) is 4.79 Å². The number of ether oxygens (including phenoxy) is 3. The molecule has 8 heteroatoms. The quantitative estimate of drug-likeness (QED) is 0.725. The van der Waals surface area contributed by atoms with Gasteiger partial charge >= 0.3 is 11.9 Å². The van der Waals surface area contributed by atoms with Crippen LogP contribution in [0.15, 0.2) is 0 Å². The van der Waals surface area contributed by atoms with Crippen LogP contribution in [-0.2, 0) is 25.4 Å². The van der Waals surface area contributed by atoms with E-state index in [9.17, 15) is 9.59 Å². The zero-order valence-corrected chi connectivity index (χ0v) is 11.5. The van der Waals surface area contributed by atoms with Crippen LogP contribution in [0.1, 0.15) is 35.1 Å². The molecule has 0 amide bonds. The molecule has 1 saturated heterocycles. The van der Waals surface area contributed by atoms with E-state index in [0.717, 1.165) is 12.8 Å². The van der Waals surface area contributed by atoms with Crippen LogP contribution in [0.5, 0.6) is 0 Å². The van der Waals surface area contributed by atoms with Gasteiger partial charge < -0.3 is 14.2 Å². The molecule has 110 valence electrons. The van der Waals surface area contributed by atoms with Gasteiger partial charge in [0.1, 0.15) is 0 Å². The Bertz CT molecular complexity index is 493. The molecule has 1 aromatic heterocycles. The third-order valence-corrected chi connectivity index (χ3v) is 3.25. The first-order valence-corrected chi connectivity index (χ1v) is 6.34. The molecular weight excluding hydrogens is 266 g/mol. The fraction of sp³-hybridized carbons (Fsp3) is 0.667. The predicted octanol–water partition coefficient (Wildman–Crippen LogP) is 0.132. The van der Waals surface area contributed by atoms with Crippen molar-refractivity contribution in [1.29, 1.82) is 0 Å². The highest BCUT2D eigenvalue weighted by atomic mass is 16.5. The molecule has 2 rings (SSSR count). The van der Waals surface area contributed by atoms with Gasteiger partial charge in [0.2, 0.25) is 0 Å². The first-order valence-electron chi connectivity index (χ1n) is 6.34. The van der Waals surface area contributed by atoms with Crippen molar-refractivity contribution in [2.75, 3.05) is 27.4 Å². The summed E-state index contributed by atoms with van der Waals surface area (Å²) in [6.45, 7) is 1.24. The van der Waals surface area contributed by atoms with Gasteiger partial charge in [0, 0.05) is 13.2 Å². The van der Waals surface area contributed by atoms with Crippen LogP contribution < -0.4 is 0 Å². The maximum absolute atomic E-state index is 11.7. The Morgan fingerprint density at radius 1 is 1.30 bits per heavy atom. The standard InChI is InChI=1S/C12H17N3O5/c1-18-10(16)7-9-11(12(17)19-2)13-14-15(9)8-3-5-20-6-4-8/h8H,3-7H2,1-2H3. The van der Waals surface area contributed by atoms with Gasteiger partial charge in [-0.2, -0.15) is 0 Å². The number of hydrogen-bond acceptors (Lipinski definition) is 7. The Kier molecular flexibility index (Phi) is 4.67. The van der Waals surface area contributed by atoms with Gasteiger partial charge in [-0.25, -0.2) is 9.48 Å². The van der Waals surface area contributed by atoms with E-state index < -0.39 is 11.9 Å². The van der Waals surface area contributed by atoms with Crippen LogP contribution in [0.4, 0.5) is 0 Å². The predicted molar refractivity (Wildman–Crippen MR) is 66.2 cm³/mol. The molecule has 1 aliphatic heterocycles. The van der Waals surface area contributed by atoms with Gasteiger partial charge in [-0.05, 0) is 12.8 Å². The minimum absolute atomic E-state index is 0.0596. The summed E-state index contributed by atoms with van der Waals surface area (Å²) >= 11 is 0. The lowest BCUT2D eigenvalue weighted by Gasteiger charge is -2.23. The summed E-state index contributed by atoms with van der Waals surface area (Å²) in [4.78, 5) is 23.2. The highest BCUT2D eigenvalue weighted by Gasteiger charge is 2.27. The van der Waals surface area contributed by atoms with Gasteiger partial charge in [-0.1, -0.05) is 5.21 Å². The number of hydrogen-bond donors (Lipinski definition) is 0. The molecular formula is C12H17N3O5. The molecule has 1 aliphatic rings. The maximum Gasteiger partial charge on any atom is 0.360 e. The van der Waals surface area contributed by atoms with Crippen molar-refractivity contribution in [3.63, 3.8) is 0 Å². The summed E-state index contributed by atoms with van der Waals surface area (Å²) in [6, 6.07) is 0.0642. The molecule has 0 aromatic carbocycles. The zero-order valence-electron chi connectivity index (χ0n) is 11.5. The average Bonchev–Trinajstić information content (AvgIpc) is 2.90. The number of nitrogens with zero attached hydrogens (tertiary/aromatic N) is 3. The summed E-state index contributed by atoms with van der Waals surface area (Å²) in [6.07, 6.45) is 1.46. The minimum atomic E-state index is -0.609. The van der Waals surface area contributed by atoms with E-state index in [-0.39, 0.29) is 18.2 Å². The van der Waals surface area contributed by atoms with Crippen LogP contribution in [-0.4, -0.2) is 54.4 Å². The molecule has 0 radical (unpaired) electrons. The second-order valence-corrected chi connectivity index (χ2v) is 4.42. The number of methoxy groups -OCH3 is 2. The summed E-state index contributed by atoms with van der Waals surface area (Å²) in [5.41, 5.74) is 0.486. The number of rotatable bonds is 4. The van der Waals surface area contributed by atoms with Crippen molar-refractivity contribution in [3.8, 4) is 0 Å². The molecule has 0 bridgehead atoms. The Morgan fingerprint density at radius 2 is 2.00 bits per heavy atom. The largest absolute Gasteiger partial charge is 0.469 e. The molecule has 2 heterocycles. The monoisotopic (exact) mass is 283 g/mol. The van der Waals surface area contributed by atoms with Crippen LogP contribution >= 0.6 is 0 Å². The van der Waals surface area contributed by atoms with E-state index >= 15 is 0 Å². The van der Waals surface area contributed by atoms with E-state index in [1.165, 1.54) is 14.2 Å². The van der Waals surface area contributed by atoms with Gasteiger partial charge in [0.05, 0.1) is 32.4 Å². The highest BCUT2D eigenvalue weighted by molar-refractivity contribution is 5.89. The van der Waals surface area contributed by atoms with Gasteiger partial charge in [0.15, 0.2) is 5.69 Å². The first kappa shape index (κ1) is 14.4. The number of esters is 2. The lowest BCUT2D eigenvalue weighted by atomic mass is 10.1. The van der Waals surface area contributed by atoms with Gasteiger partial charge in [-0.15, -0.1) is 5.10 Å². The number of aromatic nitrogens is 3.